The van der Waals surface area contributed by atoms with Gasteiger partial charge in [-0.15, -0.1) is 35.3 Å². The summed E-state index contributed by atoms with van der Waals surface area (Å²) in [6.45, 7) is 2.50. The van der Waals surface area contributed by atoms with Gasteiger partial charge < -0.3 is 15.4 Å². The van der Waals surface area contributed by atoms with Gasteiger partial charge in [0, 0.05) is 31.4 Å². The Balaban J connectivity index is 0.00000225. The molecule has 2 aromatic rings. The lowest BCUT2D eigenvalue weighted by atomic mass is 10.1. The molecule has 0 bridgehead atoms. The summed E-state index contributed by atoms with van der Waals surface area (Å²) in [4.78, 5) is 5.55. The maximum Gasteiger partial charge on any atom is 0.190 e. The van der Waals surface area contributed by atoms with E-state index in [1.54, 1.807) is 18.4 Å². The van der Waals surface area contributed by atoms with Crippen LogP contribution in [0.2, 0.25) is 4.34 Å². The van der Waals surface area contributed by atoms with Crippen LogP contribution in [0, 0.1) is 0 Å². The monoisotopic (exact) mass is 491 g/mol. The van der Waals surface area contributed by atoms with Crippen LogP contribution in [0.15, 0.2) is 35.3 Å². The number of ether oxygens (including phenoxy) is 1. The van der Waals surface area contributed by atoms with Crippen LogP contribution in [0.1, 0.15) is 16.0 Å². The average Bonchev–Trinajstić information content (AvgIpc) is 3.21. The molecule has 136 valence electrons. The number of nitrogens with zero attached hydrogens (tertiary/aromatic N) is 1. The fourth-order valence-corrected chi connectivity index (χ4v) is 3.82. The molecule has 1 aliphatic heterocycles. The van der Waals surface area contributed by atoms with Crippen LogP contribution in [0.25, 0.3) is 0 Å². The summed E-state index contributed by atoms with van der Waals surface area (Å²) >= 11 is 7.57. The molecule has 0 aliphatic carbocycles. The molecule has 1 aliphatic rings. The molecule has 2 N–H and O–H groups in total. The van der Waals surface area contributed by atoms with E-state index >= 15 is 0 Å². The summed E-state index contributed by atoms with van der Waals surface area (Å²) < 4.78 is 6.38. The molecule has 0 atom stereocenters. The topological polar surface area (TPSA) is 45.7 Å². The van der Waals surface area contributed by atoms with Gasteiger partial charge in [0.05, 0.1) is 10.9 Å². The minimum Gasteiger partial charge on any atom is -0.493 e. The number of hydrogen-bond acceptors (Lipinski definition) is 3. The van der Waals surface area contributed by atoms with Gasteiger partial charge >= 0.3 is 0 Å². The van der Waals surface area contributed by atoms with Crippen molar-refractivity contribution >= 4 is 52.9 Å². The Bertz CT molecular complexity index is 720. The lowest BCUT2D eigenvalue weighted by molar-refractivity contribution is 0.357. The minimum atomic E-state index is 0. The number of rotatable bonds is 6. The molecule has 0 spiro atoms. The zero-order valence-corrected chi connectivity index (χ0v) is 18.1. The van der Waals surface area contributed by atoms with Gasteiger partial charge in [-0.05, 0) is 42.2 Å². The zero-order chi connectivity index (χ0) is 16.8. The van der Waals surface area contributed by atoms with Crippen molar-refractivity contribution in [1.82, 2.24) is 10.6 Å². The summed E-state index contributed by atoms with van der Waals surface area (Å²) in [5.74, 6) is 1.88. The minimum absolute atomic E-state index is 0. The second-order valence-electron chi connectivity index (χ2n) is 5.67. The number of benzene rings is 1. The molecule has 2 heterocycles. The van der Waals surface area contributed by atoms with E-state index < -0.39 is 0 Å². The second-order valence-corrected chi connectivity index (χ2v) is 7.47. The number of fused-ring (bicyclic) bond motifs is 1. The normalized spacial score (nSPS) is 13.0. The molecule has 25 heavy (non-hydrogen) atoms. The van der Waals surface area contributed by atoms with Crippen molar-refractivity contribution in [2.45, 2.75) is 19.3 Å². The Labute approximate surface area is 175 Å². The number of halogens is 2. The van der Waals surface area contributed by atoms with Gasteiger partial charge in [0.25, 0.3) is 0 Å². The second kappa shape index (κ2) is 10.2. The van der Waals surface area contributed by atoms with Crippen LogP contribution in [-0.4, -0.2) is 32.7 Å². The molecule has 0 radical (unpaired) electrons. The first-order valence-electron chi connectivity index (χ1n) is 8.18. The molecule has 3 rings (SSSR count). The lowest BCUT2D eigenvalue weighted by Crippen LogP contribution is -2.39. The van der Waals surface area contributed by atoms with Crippen molar-refractivity contribution in [1.29, 1.82) is 0 Å². The van der Waals surface area contributed by atoms with Crippen molar-refractivity contribution in [2.24, 2.45) is 4.99 Å². The highest BCUT2D eigenvalue weighted by Crippen LogP contribution is 2.25. The lowest BCUT2D eigenvalue weighted by Gasteiger charge is -2.12. The smallest absolute Gasteiger partial charge is 0.190 e. The Morgan fingerprint density at radius 2 is 2.00 bits per heavy atom. The summed E-state index contributed by atoms with van der Waals surface area (Å²) in [6, 6.07) is 10.5. The number of hydrogen-bond donors (Lipinski definition) is 2. The molecule has 7 heteroatoms. The maximum absolute atomic E-state index is 5.95. The molecule has 0 fully saturated rings. The summed E-state index contributed by atoms with van der Waals surface area (Å²) in [7, 11) is 1.80. The van der Waals surface area contributed by atoms with Crippen LogP contribution in [0.3, 0.4) is 0 Å². The average molecular weight is 492 g/mol. The van der Waals surface area contributed by atoms with E-state index in [9.17, 15) is 0 Å². The largest absolute Gasteiger partial charge is 0.493 e. The first kappa shape index (κ1) is 20.3. The van der Waals surface area contributed by atoms with Crippen LogP contribution in [0.5, 0.6) is 5.75 Å². The Hall–Kier alpha value is -0.990. The highest BCUT2D eigenvalue weighted by molar-refractivity contribution is 14.0. The first-order valence-corrected chi connectivity index (χ1v) is 9.37. The molecule has 0 unspecified atom stereocenters. The van der Waals surface area contributed by atoms with Crippen LogP contribution in [0.4, 0.5) is 0 Å². The predicted molar refractivity (Wildman–Crippen MR) is 117 cm³/mol. The van der Waals surface area contributed by atoms with Crippen molar-refractivity contribution in [3.63, 3.8) is 0 Å². The maximum atomic E-state index is 5.95. The van der Waals surface area contributed by atoms with Crippen LogP contribution >= 0.6 is 46.9 Å². The third-order valence-corrected chi connectivity index (χ3v) is 5.27. The van der Waals surface area contributed by atoms with Gasteiger partial charge in [-0.25, -0.2) is 0 Å². The standard InChI is InChI=1S/C18H22ClN3OS.HI/c1-20-18(22-10-7-15-3-5-17(19)24-15)21-9-6-13-2-4-16-14(12-13)8-11-23-16;/h2-5,12H,6-11H2,1H3,(H2,20,21,22);1H. The van der Waals surface area contributed by atoms with E-state index in [-0.39, 0.29) is 24.0 Å². The van der Waals surface area contributed by atoms with Crippen molar-refractivity contribution in [2.75, 3.05) is 26.7 Å². The third-order valence-electron chi connectivity index (χ3n) is 3.98. The van der Waals surface area contributed by atoms with Crippen LogP contribution in [-0.2, 0) is 19.3 Å². The van der Waals surface area contributed by atoms with Crippen LogP contribution < -0.4 is 15.4 Å². The number of guanidine groups is 1. The van der Waals surface area contributed by atoms with Gasteiger partial charge in [0.15, 0.2) is 5.96 Å². The number of thiophene rings is 1. The number of nitrogens with one attached hydrogen (secondary N) is 2. The molecular weight excluding hydrogens is 469 g/mol. The van der Waals surface area contributed by atoms with E-state index in [4.69, 9.17) is 16.3 Å². The van der Waals surface area contributed by atoms with Crippen molar-refractivity contribution in [3.8, 4) is 5.75 Å². The molecule has 0 saturated heterocycles. The van der Waals surface area contributed by atoms with E-state index in [1.807, 2.05) is 6.07 Å². The van der Waals surface area contributed by atoms with E-state index in [2.05, 4.69) is 39.9 Å². The zero-order valence-electron chi connectivity index (χ0n) is 14.2. The molecule has 4 nitrogen and oxygen atoms in total. The highest BCUT2D eigenvalue weighted by atomic mass is 127. The Morgan fingerprint density at radius 1 is 1.20 bits per heavy atom. The Morgan fingerprint density at radius 3 is 2.72 bits per heavy atom. The molecule has 1 aromatic carbocycles. The molecule has 0 amide bonds. The molecule has 1 aromatic heterocycles. The molecular formula is C18H23ClIN3OS. The van der Waals surface area contributed by atoms with Gasteiger partial charge in [-0.1, -0.05) is 23.7 Å². The van der Waals surface area contributed by atoms with E-state index in [0.717, 1.165) is 55.0 Å². The summed E-state index contributed by atoms with van der Waals surface area (Å²) in [6.07, 6.45) is 2.93. The van der Waals surface area contributed by atoms with E-state index in [0.29, 0.717) is 0 Å². The quantitative estimate of drug-likeness (QED) is 0.366. The van der Waals surface area contributed by atoms with Gasteiger partial charge in [0.2, 0.25) is 0 Å². The van der Waals surface area contributed by atoms with Gasteiger partial charge in [-0.2, -0.15) is 0 Å². The fraction of sp³-hybridized carbons (Fsp3) is 0.389. The van der Waals surface area contributed by atoms with Crippen molar-refractivity contribution in [3.05, 3.63) is 50.7 Å². The Kier molecular flexibility index (Phi) is 8.32. The summed E-state index contributed by atoms with van der Waals surface area (Å²) in [5, 5.41) is 6.70. The summed E-state index contributed by atoms with van der Waals surface area (Å²) in [5.41, 5.74) is 2.65. The van der Waals surface area contributed by atoms with Gasteiger partial charge in [0.1, 0.15) is 5.75 Å². The SMILES string of the molecule is CN=C(NCCc1ccc2c(c1)CCO2)NCCc1ccc(Cl)s1.I. The highest BCUT2D eigenvalue weighted by Gasteiger charge is 2.11. The fourth-order valence-electron chi connectivity index (χ4n) is 2.73. The molecule has 0 saturated carbocycles. The van der Waals surface area contributed by atoms with Gasteiger partial charge in [-0.3, -0.25) is 4.99 Å². The predicted octanol–water partition coefficient (Wildman–Crippen LogP) is 3.90. The van der Waals surface area contributed by atoms with Crippen molar-refractivity contribution < 1.29 is 4.74 Å². The first-order chi connectivity index (χ1) is 11.7. The van der Waals surface area contributed by atoms with E-state index in [1.165, 1.54) is 16.0 Å². The number of aliphatic imine (C=N–C) groups is 1. The third kappa shape index (κ3) is 6.04.